The van der Waals surface area contributed by atoms with Crippen LogP contribution in [0.4, 0.5) is 0 Å². The third-order valence-corrected chi connectivity index (χ3v) is 5.12. The maximum Gasteiger partial charge on any atom is 0.251 e. The number of pyridine rings is 1. The molecule has 1 aromatic carbocycles. The average Bonchev–Trinajstić information content (AvgIpc) is 3.13. The molecule has 3 rings (SSSR count). The highest BCUT2D eigenvalue weighted by molar-refractivity contribution is 7.90. The summed E-state index contributed by atoms with van der Waals surface area (Å²) in [6, 6.07) is 10.1. The van der Waals surface area contributed by atoms with Crippen LogP contribution in [0, 0.1) is 6.92 Å². The molecule has 1 amide bonds. The van der Waals surface area contributed by atoms with Crippen molar-refractivity contribution in [1.82, 2.24) is 20.1 Å². The zero-order valence-electron chi connectivity index (χ0n) is 14.4. The molecule has 0 aliphatic rings. The smallest absolute Gasteiger partial charge is 0.251 e. The van der Waals surface area contributed by atoms with Crippen LogP contribution >= 0.6 is 0 Å². The molecule has 0 aliphatic carbocycles. The summed E-state index contributed by atoms with van der Waals surface area (Å²) in [5, 5.41) is 6.96. The van der Waals surface area contributed by atoms with E-state index in [0.29, 0.717) is 16.9 Å². The lowest BCUT2D eigenvalue weighted by atomic mass is 10.1. The van der Waals surface area contributed by atoms with Gasteiger partial charge in [0.1, 0.15) is 0 Å². The molecule has 7 nitrogen and oxygen atoms in total. The van der Waals surface area contributed by atoms with Crippen molar-refractivity contribution in [1.29, 1.82) is 0 Å². The molecule has 0 radical (unpaired) electrons. The van der Waals surface area contributed by atoms with Crippen LogP contribution in [0.5, 0.6) is 0 Å². The van der Waals surface area contributed by atoms with Crippen molar-refractivity contribution in [2.24, 2.45) is 0 Å². The van der Waals surface area contributed by atoms with Gasteiger partial charge in [0.2, 0.25) is 0 Å². The standard InChI is InChI=1S/C18H18N4O3S/c1-13-6-7-14(11-16(13)26(2,24)25)18(23)20-12-15-5-3-8-19-17(15)22-10-4-9-21-22/h3-11H,12H2,1-2H3,(H,20,23). The first-order chi connectivity index (χ1) is 12.4. The number of sulfone groups is 1. The maximum absolute atomic E-state index is 12.5. The minimum atomic E-state index is -3.39. The Bertz CT molecular complexity index is 1040. The number of amides is 1. The van der Waals surface area contributed by atoms with Crippen molar-refractivity contribution in [2.45, 2.75) is 18.4 Å². The summed E-state index contributed by atoms with van der Waals surface area (Å²) < 4.78 is 25.3. The number of nitrogens with one attached hydrogen (secondary N) is 1. The fourth-order valence-electron chi connectivity index (χ4n) is 2.59. The van der Waals surface area contributed by atoms with E-state index in [1.54, 1.807) is 54.5 Å². The second-order valence-electron chi connectivity index (χ2n) is 5.87. The van der Waals surface area contributed by atoms with E-state index in [0.717, 1.165) is 11.8 Å². The molecule has 0 spiro atoms. The first kappa shape index (κ1) is 17.8. The Hall–Kier alpha value is -3.00. The number of carbonyl (C=O) groups is 1. The van der Waals surface area contributed by atoms with Crippen molar-refractivity contribution >= 4 is 15.7 Å². The summed E-state index contributed by atoms with van der Waals surface area (Å²) in [7, 11) is -3.39. The third kappa shape index (κ3) is 3.80. The molecule has 1 N–H and O–H groups in total. The van der Waals surface area contributed by atoms with Crippen LogP contribution in [0.15, 0.2) is 59.9 Å². The molecule has 0 aliphatic heterocycles. The lowest BCUT2D eigenvalue weighted by Crippen LogP contribution is -2.24. The van der Waals surface area contributed by atoms with Crippen molar-refractivity contribution in [3.05, 3.63) is 71.7 Å². The highest BCUT2D eigenvalue weighted by Gasteiger charge is 2.15. The van der Waals surface area contributed by atoms with Crippen molar-refractivity contribution in [2.75, 3.05) is 6.26 Å². The van der Waals surface area contributed by atoms with Crippen LogP contribution in [-0.4, -0.2) is 35.3 Å². The van der Waals surface area contributed by atoms with Crippen molar-refractivity contribution in [3.8, 4) is 5.82 Å². The predicted molar refractivity (Wildman–Crippen MR) is 96.8 cm³/mol. The van der Waals surface area contributed by atoms with Gasteiger partial charge in [0.15, 0.2) is 15.7 Å². The number of rotatable bonds is 5. The molecule has 0 atom stereocenters. The van der Waals surface area contributed by atoms with Gasteiger partial charge in [0, 0.05) is 42.5 Å². The normalized spacial score (nSPS) is 11.3. The highest BCUT2D eigenvalue weighted by atomic mass is 32.2. The quantitative estimate of drug-likeness (QED) is 0.740. The Labute approximate surface area is 151 Å². The van der Waals surface area contributed by atoms with E-state index in [4.69, 9.17) is 0 Å². The fraction of sp³-hybridized carbons (Fsp3) is 0.167. The number of benzene rings is 1. The minimum Gasteiger partial charge on any atom is -0.348 e. The first-order valence-electron chi connectivity index (χ1n) is 7.89. The minimum absolute atomic E-state index is 0.156. The maximum atomic E-state index is 12.5. The Morgan fingerprint density at radius 1 is 1.19 bits per heavy atom. The Morgan fingerprint density at radius 3 is 2.69 bits per heavy atom. The summed E-state index contributed by atoms with van der Waals surface area (Å²) >= 11 is 0. The van der Waals surface area contributed by atoms with Crippen molar-refractivity contribution in [3.63, 3.8) is 0 Å². The van der Waals surface area contributed by atoms with Crippen LogP contribution in [0.2, 0.25) is 0 Å². The summed E-state index contributed by atoms with van der Waals surface area (Å²) in [4.78, 5) is 16.9. The number of carbonyl (C=O) groups excluding carboxylic acids is 1. The third-order valence-electron chi connectivity index (χ3n) is 3.88. The second kappa shape index (κ2) is 7.09. The molecule has 0 saturated carbocycles. The van der Waals surface area contributed by atoms with Crippen LogP contribution in [0.1, 0.15) is 21.5 Å². The largest absolute Gasteiger partial charge is 0.348 e. The van der Waals surface area contributed by atoms with E-state index in [-0.39, 0.29) is 17.3 Å². The van der Waals surface area contributed by atoms with Gasteiger partial charge in [0.05, 0.1) is 4.90 Å². The number of nitrogens with zero attached hydrogens (tertiary/aromatic N) is 3. The van der Waals surface area contributed by atoms with Gasteiger partial charge in [-0.05, 0) is 36.8 Å². The number of aryl methyl sites for hydroxylation is 1. The molecule has 0 fully saturated rings. The summed E-state index contributed by atoms with van der Waals surface area (Å²) in [6.45, 7) is 1.94. The molecule has 0 unspecified atom stereocenters. The zero-order chi connectivity index (χ0) is 18.7. The van der Waals surface area contributed by atoms with Gasteiger partial charge in [-0.3, -0.25) is 4.79 Å². The predicted octanol–water partition coefficient (Wildman–Crippen LogP) is 1.91. The van der Waals surface area contributed by atoms with Crippen molar-refractivity contribution < 1.29 is 13.2 Å². The van der Waals surface area contributed by atoms with Gasteiger partial charge in [0.25, 0.3) is 5.91 Å². The first-order valence-corrected chi connectivity index (χ1v) is 9.78. The molecule has 26 heavy (non-hydrogen) atoms. The van der Waals surface area contributed by atoms with E-state index in [2.05, 4.69) is 15.4 Å². The molecule has 3 aromatic rings. The molecular formula is C18H18N4O3S. The molecular weight excluding hydrogens is 352 g/mol. The van der Waals surface area contributed by atoms with E-state index >= 15 is 0 Å². The Kier molecular flexibility index (Phi) is 4.85. The Balaban J connectivity index is 1.81. The SMILES string of the molecule is Cc1ccc(C(=O)NCc2cccnc2-n2cccn2)cc1S(C)(=O)=O. The molecule has 8 heteroatoms. The van der Waals surface area contributed by atoms with Gasteiger partial charge >= 0.3 is 0 Å². The van der Waals surface area contributed by atoms with Crippen LogP contribution in [0.25, 0.3) is 5.82 Å². The van der Waals surface area contributed by atoms with E-state index < -0.39 is 9.84 Å². The van der Waals surface area contributed by atoms with E-state index in [9.17, 15) is 13.2 Å². The van der Waals surface area contributed by atoms with Gasteiger partial charge in [-0.25, -0.2) is 18.1 Å². The summed E-state index contributed by atoms with van der Waals surface area (Å²) in [6.07, 6.45) is 6.20. The van der Waals surface area contributed by atoms with Gasteiger partial charge in [-0.2, -0.15) is 5.10 Å². The lowest BCUT2D eigenvalue weighted by molar-refractivity contribution is 0.0950. The van der Waals surface area contributed by atoms with Gasteiger partial charge in [-0.1, -0.05) is 12.1 Å². The number of hydrogen-bond donors (Lipinski definition) is 1. The topological polar surface area (TPSA) is 93.9 Å². The van der Waals surface area contributed by atoms with Crippen LogP contribution < -0.4 is 5.32 Å². The van der Waals surface area contributed by atoms with Crippen LogP contribution in [0.3, 0.4) is 0 Å². The summed E-state index contributed by atoms with van der Waals surface area (Å²) in [5.41, 5.74) is 1.69. The van der Waals surface area contributed by atoms with Gasteiger partial charge < -0.3 is 5.32 Å². The van der Waals surface area contributed by atoms with Gasteiger partial charge in [-0.15, -0.1) is 0 Å². The molecule has 0 bridgehead atoms. The lowest BCUT2D eigenvalue weighted by Gasteiger charge is -2.11. The summed E-state index contributed by atoms with van der Waals surface area (Å²) in [5.74, 6) is 0.267. The molecule has 134 valence electrons. The number of hydrogen-bond acceptors (Lipinski definition) is 5. The average molecular weight is 370 g/mol. The fourth-order valence-corrected chi connectivity index (χ4v) is 3.58. The van der Waals surface area contributed by atoms with E-state index in [1.165, 1.54) is 6.07 Å². The monoisotopic (exact) mass is 370 g/mol. The van der Waals surface area contributed by atoms with Crippen LogP contribution in [-0.2, 0) is 16.4 Å². The zero-order valence-corrected chi connectivity index (χ0v) is 15.2. The molecule has 2 heterocycles. The second-order valence-corrected chi connectivity index (χ2v) is 7.86. The highest BCUT2D eigenvalue weighted by Crippen LogP contribution is 2.17. The molecule has 2 aromatic heterocycles. The molecule has 0 saturated heterocycles. The number of aromatic nitrogens is 3. The van der Waals surface area contributed by atoms with E-state index in [1.807, 2.05) is 6.07 Å². The Morgan fingerprint density at radius 2 is 2.00 bits per heavy atom.